The molecule has 5 aromatic rings. The van der Waals surface area contributed by atoms with Crippen molar-refractivity contribution < 1.29 is 9.59 Å². The Kier molecular flexibility index (Phi) is 9.38. The summed E-state index contributed by atoms with van der Waals surface area (Å²) in [5, 5.41) is 5.70. The monoisotopic (exact) mass is 592 g/mol. The topological polar surface area (TPSA) is 58.2 Å². The van der Waals surface area contributed by atoms with E-state index in [-0.39, 0.29) is 29.5 Å². The summed E-state index contributed by atoms with van der Waals surface area (Å²) < 4.78 is 0. The molecule has 6 heteroatoms. The summed E-state index contributed by atoms with van der Waals surface area (Å²) in [7, 11) is 0. The van der Waals surface area contributed by atoms with Gasteiger partial charge in [0.05, 0.1) is 5.41 Å². The van der Waals surface area contributed by atoms with E-state index in [4.69, 9.17) is 23.2 Å². The van der Waals surface area contributed by atoms with E-state index in [0.29, 0.717) is 11.4 Å². The van der Waals surface area contributed by atoms with Crippen LogP contribution in [0.1, 0.15) is 33.7 Å². The average Bonchev–Trinajstić information content (AvgIpc) is 3.05. The first-order valence-corrected chi connectivity index (χ1v) is 14.7. The molecule has 2 amide bonds. The molecular formula is C36H30Cl2N2O2. The third-order valence-corrected chi connectivity index (χ3v) is 7.90. The van der Waals surface area contributed by atoms with Gasteiger partial charge in [0.1, 0.15) is 11.8 Å². The van der Waals surface area contributed by atoms with Gasteiger partial charge in [0.2, 0.25) is 11.8 Å². The van der Waals surface area contributed by atoms with E-state index in [2.05, 4.69) is 108 Å². The van der Waals surface area contributed by atoms with Crippen molar-refractivity contribution in [3.8, 4) is 0 Å². The first-order chi connectivity index (χ1) is 20.6. The van der Waals surface area contributed by atoms with Crippen LogP contribution in [0.15, 0.2) is 140 Å². The van der Waals surface area contributed by atoms with Crippen molar-refractivity contribution in [2.24, 2.45) is 0 Å². The number of anilines is 2. The predicted octanol–water partition coefficient (Wildman–Crippen LogP) is 8.21. The normalized spacial score (nSPS) is 11.2. The summed E-state index contributed by atoms with van der Waals surface area (Å²) in [6, 6.07) is 47.4. The quantitative estimate of drug-likeness (QED) is 0.127. The van der Waals surface area contributed by atoms with Gasteiger partial charge in [-0.1, -0.05) is 115 Å². The minimum Gasteiger partial charge on any atom is -0.325 e. The zero-order valence-corrected chi connectivity index (χ0v) is 24.4. The lowest BCUT2D eigenvalue weighted by molar-refractivity contribution is -0.114. The maximum absolute atomic E-state index is 12.0. The van der Waals surface area contributed by atoms with Crippen molar-refractivity contribution in [3.63, 3.8) is 0 Å². The summed E-state index contributed by atoms with van der Waals surface area (Å²) in [6.45, 7) is 0. The van der Waals surface area contributed by atoms with Gasteiger partial charge in [0.15, 0.2) is 0 Å². The van der Waals surface area contributed by atoms with Gasteiger partial charge in [0.25, 0.3) is 0 Å². The molecule has 0 spiro atoms. The molecule has 0 aliphatic carbocycles. The van der Waals surface area contributed by atoms with Crippen molar-refractivity contribution in [2.45, 2.75) is 11.3 Å². The highest BCUT2D eigenvalue weighted by Gasteiger charge is 2.45. The van der Waals surface area contributed by atoms with E-state index in [1.807, 2.05) is 42.5 Å². The summed E-state index contributed by atoms with van der Waals surface area (Å²) in [4.78, 5) is 24.1. The molecule has 0 aliphatic rings. The first kappa shape index (κ1) is 29.1. The molecule has 0 aliphatic heterocycles. The number of carbonyl (C=O) groups excluding carboxylic acids is 2. The lowest BCUT2D eigenvalue weighted by Crippen LogP contribution is -2.37. The molecule has 0 fully saturated rings. The van der Waals surface area contributed by atoms with Gasteiger partial charge in [-0.2, -0.15) is 0 Å². The Morgan fingerprint density at radius 3 is 1.19 bits per heavy atom. The first-order valence-electron chi connectivity index (χ1n) is 13.6. The van der Waals surface area contributed by atoms with E-state index in [0.717, 1.165) is 27.8 Å². The van der Waals surface area contributed by atoms with E-state index < -0.39 is 5.41 Å². The van der Waals surface area contributed by atoms with Crippen molar-refractivity contribution in [2.75, 3.05) is 22.4 Å². The molecule has 0 heterocycles. The highest BCUT2D eigenvalue weighted by Crippen LogP contribution is 2.52. The molecule has 0 aromatic heterocycles. The van der Waals surface area contributed by atoms with Crippen molar-refractivity contribution in [3.05, 3.63) is 167 Å². The van der Waals surface area contributed by atoms with Gasteiger partial charge in [-0.3, -0.25) is 9.59 Å². The van der Waals surface area contributed by atoms with Crippen LogP contribution in [0.25, 0.3) is 0 Å². The molecule has 0 unspecified atom stereocenters. The molecule has 0 saturated heterocycles. The second kappa shape index (κ2) is 13.5. The van der Waals surface area contributed by atoms with Crippen LogP contribution in [0, 0.1) is 0 Å². The Bertz CT molecular complexity index is 1510. The number of amides is 2. The smallest absolute Gasteiger partial charge is 0.239 e. The highest BCUT2D eigenvalue weighted by molar-refractivity contribution is 6.29. The number of benzene rings is 5. The SMILES string of the molecule is O=C(CCl)Nc1ccc(C(c2ccccc2)(c2ccc(NC(=O)CCl)cc2)C(c2ccccc2)c2ccccc2)cc1. The van der Waals surface area contributed by atoms with E-state index in [1.54, 1.807) is 0 Å². The Morgan fingerprint density at radius 1 is 0.500 bits per heavy atom. The maximum Gasteiger partial charge on any atom is 0.239 e. The van der Waals surface area contributed by atoms with Crippen molar-refractivity contribution in [1.82, 2.24) is 0 Å². The van der Waals surface area contributed by atoms with Crippen LogP contribution in [0.3, 0.4) is 0 Å². The number of hydrogen-bond donors (Lipinski definition) is 2. The predicted molar refractivity (Wildman–Crippen MR) is 173 cm³/mol. The third kappa shape index (κ3) is 6.11. The largest absolute Gasteiger partial charge is 0.325 e. The number of alkyl halides is 2. The van der Waals surface area contributed by atoms with Crippen LogP contribution in [-0.2, 0) is 15.0 Å². The number of hydrogen-bond acceptors (Lipinski definition) is 2. The second-order valence-corrected chi connectivity index (χ2v) is 10.5. The zero-order valence-electron chi connectivity index (χ0n) is 22.8. The fourth-order valence-electron chi connectivity index (χ4n) is 5.71. The molecule has 42 heavy (non-hydrogen) atoms. The summed E-state index contributed by atoms with van der Waals surface area (Å²) in [6.07, 6.45) is 0. The number of carbonyl (C=O) groups is 2. The van der Waals surface area contributed by atoms with Gasteiger partial charge in [0, 0.05) is 17.3 Å². The summed E-state index contributed by atoms with van der Waals surface area (Å²) in [5.74, 6) is -0.910. The van der Waals surface area contributed by atoms with E-state index in [1.165, 1.54) is 0 Å². The molecule has 0 bridgehead atoms. The van der Waals surface area contributed by atoms with E-state index in [9.17, 15) is 9.59 Å². The molecule has 210 valence electrons. The van der Waals surface area contributed by atoms with Crippen molar-refractivity contribution >= 4 is 46.4 Å². The summed E-state index contributed by atoms with van der Waals surface area (Å²) in [5.41, 5.74) is 6.08. The van der Waals surface area contributed by atoms with Gasteiger partial charge in [-0.25, -0.2) is 0 Å². The van der Waals surface area contributed by atoms with Crippen LogP contribution in [0.4, 0.5) is 11.4 Å². The molecule has 4 nitrogen and oxygen atoms in total. The minimum absolute atomic E-state index is 0.119. The van der Waals surface area contributed by atoms with Crippen molar-refractivity contribution in [1.29, 1.82) is 0 Å². The molecule has 5 aromatic carbocycles. The molecule has 0 saturated carbocycles. The average molecular weight is 594 g/mol. The molecular weight excluding hydrogens is 563 g/mol. The molecule has 2 N–H and O–H groups in total. The Balaban J connectivity index is 1.82. The Labute approximate surface area is 256 Å². The van der Waals surface area contributed by atoms with Crippen LogP contribution in [0.2, 0.25) is 0 Å². The minimum atomic E-state index is -0.714. The maximum atomic E-state index is 12.0. The zero-order chi connectivity index (χ0) is 29.4. The van der Waals surface area contributed by atoms with Gasteiger partial charge >= 0.3 is 0 Å². The Hall–Kier alpha value is -4.38. The van der Waals surface area contributed by atoms with Crippen LogP contribution in [-0.4, -0.2) is 23.6 Å². The highest BCUT2D eigenvalue weighted by atomic mass is 35.5. The third-order valence-electron chi connectivity index (χ3n) is 7.42. The molecule has 0 atom stereocenters. The van der Waals surface area contributed by atoms with Gasteiger partial charge < -0.3 is 10.6 Å². The van der Waals surface area contributed by atoms with E-state index >= 15 is 0 Å². The second-order valence-electron chi connectivity index (χ2n) is 9.95. The number of halogens is 2. The standard InChI is InChI=1S/C36H30Cl2N2O2/c37-24-33(41)39-31-20-16-29(17-21-31)36(28-14-8-3-9-15-28,30-18-22-32(23-19-30)40-34(42)25-38)35(26-10-4-1-5-11-26)27-12-6-2-7-13-27/h1-23,35H,24-25H2,(H,39,41)(H,40,42). The summed E-state index contributed by atoms with van der Waals surface area (Å²) >= 11 is 11.5. The van der Waals surface area contributed by atoms with Crippen LogP contribution >= 0.6 is 23.2 Å². The van der Waals surface area contributed by atoms with Crippen LogP contribution in [0.5, 0.6) is 0 Å². The number of nitrogens with one attached hydrogen (secondary N) is 2. The lowest BCUT2D eigenvalue weighted by Gasteiger charge is -2.43. The lowest BCUT2D eigenvalue weighted by atomic mass is 9.58. The number of rotatable bonds is 10. The fraction of sp³-hybridized carbons (Fsp3) is 0.111. The van der Waals surface area contributed by atoms with Crippen LogP contribution < -0.4 is 10.6 Å². The Morgan fingerprint density at radius 2 is 0.833 bits per heavy atom. The molecule has 0 radical (unpaired) electrons. The fourth-order valence-corrected chi connectivity index (χ4v) is 5.84. The molecule has 5 rings (SSSR count). The van der Waals surface area contributed by atoms with Gasteiger partial charge in [-0.15, -0.1) is 23.2 Å². The van der Waals surface area contributed by atoms with Gasteiger partial charge in [-0.05, 0) is 52.1 Å².